The van der Waals surface area contributed by atoms with E-state index in [2.05, 4.69) is 32.1 Å². The maximum Gasteiger partial charge on any atom is 0.139 e. The Morgan fingerprint density at radius 2 is 1.39 bits per heavy atom. The van der Waals surface area contributed by atoms with E-state index in [0.717, 1.165) is 5.56 Å². The van der Waals surface area contributed by atoms with Crippen molar-refractivity contribution in [3.63, 3.8) is 0 Å². The summed E-state index contributed by atoms with van der Waals surface area (Å²) >= 11 is 0. The van der Waals surface area contributed by atoms with Crippen LogP contribution in [0.25, 0.3) is 0 Å². The largest absolute Gasteiger partial charge is 0.356 e. The molecule has 2 unspecified atom stereocenters. The summed E-state index contributed by atoms with van der Waals surface area (Å²) in [6.07, 6.45) is -0.152. The van der Waals surface area contributed by atoms with Crippen LogP contribution in [-0.4, -0.2) is 6.61 Å². The number of hydrogen-bond acceptors (Lipinski definition) is 2. The van der Waals surface area contributed by atoms with E-state index in [1.807, 2.05) is 42.5 Å². The standard InChI is InChI=1S/C14H13O2.3CO.Mn/c1-2-6-11(7-3-1)13-10-15-14(16-13)12-8-4-5-9-12;3*1-2;/h1-9,13-14H,10H2;;;;/q-1;;;;. The van der Waals surface area contributed by atoms with E-state index in [1.165, 1.54) is 5.56 Å². The number of hydrogen-bond donors (Lipinski definition) is 0. The van der Waals surface area contributed by atoms with E-state index >= 15 is 0 Å². The van der Waals surface area contributed by atoms with Crippen LogP contribution in [0.3, 0.4) is 0 Å². The molecule has 2 atom stereocenters. The van der Waals surface area contributed by atoms with Gasteiger partial charge in [-0.25, -0.2) is 12.1 Å². The Labute approximate surface area is 145 Å². The second kappa shape index (κ2) is 15.1. The van der Waals surface area contributed by atoms with Gasteiger partial charge in [0.25, 0.3) is 0 Å². The van der Waals surface area contributed by atoms with Crippen molar-refractivity contribution in [1.82, 2.24) is 0 Å². The summed E-state index contributed by atoms with van der Waals surface area (Å²) in [4.78, 5) is 0. The smallest absolute Gasteiger partial charge is 0.139 e. The van der Waals surface area contributed by atoms with Gasteiger partial charge in [-0.05, 0) is 5.56 Å². The topological polar surface area (TPSA) is 78.2 Å². The zero-order chi connectivity index (χ0) is 16.8. The maximum atomic E-state index is 7.50. The van der Waals surface area contributed by atoms with Crippen LogP contribution in [0.5, 0.6) is 0 Å². The molecule has 0 saturated carbocycles. The van der Waals surface area contributed by atoms with Gasteiger partial charge in [0.05, 0.1) is 6.61 Å². The molecule has 0 spiro atoms. The summed E-state index contributed by atoms with van der Waals surface area (Å²) in [5.74, 6) is 0. The van der Waals surface area contributed by atoms with Crippen molar-refractivity contribution in [2.45, 2.75) is 12.4 Å². The van der Waals surface area contributed by atoms with Gasteiger partial charge < -0.3 is 9.47 Å². The van der Waals surface area contributed by atoms with Gasteiger partial charge >= 0.3 is 33.9 Å². The predicted molar refractivity (Wildman–Crippen MR) is 72.8 cm³/mol. The minimum atomic E-state index is -0.208. The van der Waals surface area contributed by atoms with Crippen molar-refractivity contribution in [1.29, 1.82) is 0 Å². The van der Waals surface area contributed by atoms with Crippen LogP contribution in [0.2, 0.25) is 0 Å². The van der Waals surface area contributed by atoms with Gasteiger partial charge in [-0.2, -0.15) is 12.1 Å². The molecule has 2 aromatic rings. The third-order valence-electron chi connectivity index (χ3n) is 2.82. The van der Waals surface area contributed by atoms with Crippen molar-refractivity contribution in [3.8, 4) is 0 Å². The first-order valence-electron chi connectivity index (χ1n) is 6.08. The molecule has 0 amide bonds. The zero-order valence-electron chi connectivity index (χ0n) is 12.0. The Kier molecular flexibility index (Phi) is 15.5. The molecule has 1 fully saturated rings. The van der Waals surface area contributed by atoms with E-state index in [0.29, 0.717) is 6.61 Å². The molecular formula is C17H13MnO5-. The third kappa shape index (κ3) is 7.36. The number of benzene rings is 1. The van der Waals surface area contributed by atoms with Crippen molar-refractivity contribution in [2.24, 2.45) is 0 Å². The van der Waals surface area contributed by atoms with E-state index < -0.39 is 0 Å². The Balaban J connectivity index is 0. The molecule has 23 heavy (non-hydrogen) atoms. The Morgan fingerprint density at radius 3 is 1.91 bits per heavy atom. The molecule has 1 saturated heterocycles. The fourth-order valence-electron chi connectivity index (χ4n) is 1.97. The first-order chi connectivity index (χ1) is 10.9. The van der Waals surface area contributed by atoms with E-state index in [-0.39, 0.29) is 29.5 Å². The molecule has 1 aliphatic heterocycles. The average Bonchev–Trinajstić information content (AvgIpc) is 3.32. The van der Waals surface area contributed by atoms with Gasteiger partial charge in [-0.15, -0.1) is 5.56 Å². The predicted octanol–water partition coefficient (Wildman–Crippen LogP) is 3.08. The fourth-order valence-corrected chi connectivity index (χ4v) is 1.97. The van der Waals surface area contributed by atoms with Crippen molar-refractivity contribution in [3.05, 3.63) is 85.7 Å². The second-order valence-corrected chi connectivity index (χ2v) is 3.92. The minimum absolute atomic E-state index is 0. The molecule has 119 valence electrons. The molecule has 1 aliphatic rings. The third-order valence-corrected chi connectivity index (χ3v) is 2.82. The summed E-state index contributed by atoms with van der Waals surface area (Å²) in [6.45, 7) is 14.1. The SMILES string of the molecule is [C-]#[O+].[C-]#[O+].[C-]#[O+].[Mn].c1ccc(C2COC([c-]3cccc3)O2)cc1. The molecule has 2 aromatic carbocycles. The van der Waals surface area contributed by atoms with Gasteiger partial charge in [-0.1, -0.05) is 30.3 Å². The van der Waals surface area contributed by atoms with Crippen molar-refractivity contribution in [2.75, 3.05) is 6.61 Å². The second-order valence-electron chi connectivity index (χ2n) is 3.92. The summed E-state index contributed by atoms with van der Waals surface area (Å²) in [7, 11) is 0. The summed E-state index contributed by atoms with van der Waals surface area (Å²) in [5, 5.41) is 0. The Morgan fingerprint density at radius 1 is 0.870 bits per heavy atom. The van der Waals surface area contributed by atoms with Gasteiger partial charge in [0, 0.05) is 17.1 Å². The molecule has 0 N–H and O–H groups in total. The van der Waals surface area contributed by atoms with Gasteiger partial charge in [0.15, 0.2) is 0 Å². The molecule has 1 heterocycles. The molecule has 0 bridgehead atoms. The molecule has 0 aromatic heterocycles. The molecule has 0 aliphatic carbocycles. The van der Waals surface area contributed by atoms with Crippen LogP contribution in [0.15, 0.2) is 54.6 Å². The Bertz CT molecular complexity index is 545. The van der Waals surface area contributed by atoms with Gasteiger partial charge in [-0.3, -0.25) is 0 Å². The monoisotopic (exact) mass is 352 g/mol. The molecule has 6 heteroatoms. The van der Waals surface area contributed by atoms with Crippen molar-refractivity contribution >= 4 is 0 Å². The van der Waals surface area contributed by atoms with Crippen LogP contribution >= 0.6 is 0 Å². The van der Waals surface area contributed by atoms with Gasteiger partial charge in [0.2, 0.25) is 0 Å². The molecule has 1 radical (unpaired) electrons. The van der Waals surface area contributed by atoms with Crippen LogP contribution < -0.4 is 0 Å². The molecular weight excluding hydrogens is 339 g/mol. The first-order valence-corrected chi connectivity index (χ1v) is 6.08. The molecule has 3 rings (SSSR count). The van der Waals surface area contributed by atoms with Crippen LogP contribution in [0.4, 0.5) is 0 Å². The first kappa shape index (κ1) is 23.5. The number of ether oxygens (including phenoxy) is 2. The van der Waals surface area contributed by atoms with Crippen LogP contribution in [-0.2, 0) is 40.5 Å². The Hall–Kier alpha value is -1.77. The normalized spacial score (nSPS) is 17.5. The van der Waals surface area contributed by atoms with Crippen molar-refractivity contribution < 1.29 is 40.5 Å². The summed E-state index contributed by atoms with van der Waals surface area (Å²) < 4.78 is 34.0. The van der Waals surface area contributed by atoms with Crippen LogP contribution in [0.1, 0.15) is 23.5 Å². The average molecular weight is 352 g/mol. The molecule has 5 nitrogen and oxygen atoms in total. The van der Waals surface area contributed by atoms with Gasteiger partial charge in [0.1, 0.15) is 12.4 Å². The minimum Gasteiger partial charge on any atom is -0.356 e. The van der Waals surface area contributed by atoms with Crippen LogP contribution in [0, 0.1) is 20.0 Å². The maximum absolute atomic E-state index is 7.50. The fraction of sp³-hybridized carbons (Fsp3) is 0.176. The van der Waals surface area contributed by atoms with E-state index in [1.54, 1.807) is 0 Å². The van der Waals surface area contributed by atoms with E-state index in [4.69, 9.17) is 23.4 Å². The quantitative estimate of drug-likeness (QED) is 0.473. The van der Waals surface area contributed by atoms with E-state index in [9.17, 15) is 0 Å². The zero-order valence-corrected chi connectivity index (χ0v) is 13.2. The number of rotatable bonds is 2. The summed E-state index contributed by atoms with van der Waals surface area (Å²) in [5.41, 5.74) is 2.27. The summed E-state index contributed by atoms with van der Waals surface area (Å²) in [6, 6.07) is 18.2.